The molecule has 2 N–H and O–H groups in total. The lowest BCUT2D eigenvalue weighted by atomic mass is 10.2. The Morgan fingerprint density at radius 1 is 1.15 bits per heavy atom. The monoisotopic (exact) mass is 395 g/mol. The molecule has 10 heteroatoms. The second kappa shape index (κ2) is 7.67. The molecule has 1 aromatic heterocycles. The second-order valence-corrected chi connectivity index (χ2v) is 5.86. The summed E-state index contributed by atoms with van der Waals surface area (Å²) in [6, 6.07) is 11.7. The third-order valence-electron chi connectivity index (χ3n) is 3.59. The Bertz CT molecular complexity index is 943. The summed E-state index contributed by atoms with van der Waals surface area (Å²) in [6.45, 7) is 0.0282. The van der Waals surface area contributed by atoms with E-state index in [1.54, 1.807) is 4.57 Å². The first-order chi connectivity index (χ1) is 12.8. The molecule has 0 aliphatic carbocycles. The largest absolute Gasteiger partial charge is 0.417 e. The lowest BCUT2D eigenvalue weighted by molar-refractivity contribution is -0.137. The van der Waals surface area contributed by atoms with Crippen LogP contribution < -0.4 is 10.6 Å². The number of halogens is 4. The van der Waals surface area contributed by atoms with Gasteiger partial charge in [-0.3, -0.25) is 4.57 Å². The van der Waals surface area contributed by atoms with Crippen LogP contribution in [0, 0.1) is 0 Å². The third kappa shape index (κ3) is 4.56. The van der Waals surface area contributed by atoms with Crippen molar-refractivity contribution in [1.29, 1.82) is 0 Å². The standard InChI is InChI=1S/C17H13ClF3N5O/c18-14-7-6-11(8-13(14)17(19,20)21)24-16(27)22-9-15-25-23-10-26(15)12-4-2-1-3-5-12/h1-8,10H,9H2,(H2,22,24,27). The summed E-state index contributed by atoms with van der Waals surface area (Å²) in [5.74, 6) is 0.462. The quantitative estimate of drug-likeness (QED) is 0.693. The topological polar surface area (TPSA) is 71.8 Å². The van der Waals surface area contributed by atoms with Gasteiger partial charge in [0.1, 0.15) is 6.33 Å². The summed E-state index contributed by atoms with van der Waals surface area (Å²) >= 11 is 5.56. The highest BCUT2D eigenvalue weighted by atomic mass is 35.5. The molecule has 1 heterocycles. The number of urea groups is 1. The van der Waals surface area contributed by atoms with Crippen molar-refractivity contribution in [1.82, 2.24) is 20.1 Å². The predicted octanol–water partition coefficient (Wildman–Crippen LogP) is 4.26. The number of rotatable bonds is 4. The van der Waals surface area contributed by atoms with E-state index < -0.39 is 22.8 Å². The van der Waals surface area contributed by atoms with E-state index in [1.807, 2.05) is 30.3 Å². The first kappa shape index (κ1) is 18.7. The molecule has 0 saturated heterocycles. The fourth-order valence-corrected chi connectivity index (χ4v) is 2.56. The average Bonchev–Trinajstić information content (AvgIpc) is 3.10. The van der Waals surface area contributed by atoms with Crippen molar-refractivity contribution in [2.24, 2.45) is 0 Å². The molecule has 3 rings (SSSR count). The van der Waals surface area contributed by atoms with Crippen molar-refractivity contribution >= 4 is 23.3 Å². The van der Waals surface area contributed by atoms with Gasteiger partial charge in [0.2, 0.25) is 0 Å². The SMILES string of the molecule is O=C(NCc1nncn1-c1ccccc1)Nc1ccc(Cl)c(C(F)(F)F)c1. The van der Waals surface area contributed by atoms with E-state index in [2.05, 4.69) is 20.8 Å². The van der Waals surface area contributed by atoms with E-state index in [0.29, 0.717) is 5.82 Å². The molecule has 0 aliphatic heterocycles. The van der Waals surface area contributed by atoms with Gasteiger partial charge in [0.05, 0.1) is 17.1 Å². The number of nitrogens with zero attached hydrogens (tertiary/aromatic N) is 3. The van der Waals surface area contributed by atoms with Gasteiger partial charge in [-0.1, -0.05) is 29.8 Å². The number of aromatic nitrogens is 3. The molecule has 0 radical (unpaired) electrons. The molecule has 27 heavy (non-hydrogen) atoms. The summed E-state index contributed by atoms with van der Waals surface area (Å²) in [5, 5.41) is 12.2. The zero-order valence-electron chi connectivity index (χ0n) is 13.7. The van der Waals surface area contributed by atoms with Gasteiger partial charge in [0.25, 0.3) is 0 Å². The van der Waals surface area contributed by atoms with Gasteiger partial charge in [-0.05, 0) is 30.3 Å². The average molecular weight is 396 g/mol. The molecule has 2 aromatic carbocycles. The normalized spacial score (nSPS) is 11.3. The molecule has 0 spiro atoms. The minimum absolute atomic E-state index is 0.0282. The smallest absolute Gasteiger partial charge is 0.331 e. The van der Waals surface area contributed by atoms with Crippen molar-refractivity contribution in [3.63, 3.8) is 0 Å². The van der Waals surface area contributed by atoms with Crippen LogP contribution in [0.4, 0.5) is 23.7 Å². The zero-order chi connectivity index (χ0) is 19.4. The van der Waals surface area contributed by atoms with Crippen LogP contribution in [0.1, 0.15) is 11.4 Å². The van der Waals surface area contributed by atoms with Crippen molar-refractivity contribution in [2.75, 3.05) is 5.32 Å². The van der Waals surface area contributed by atoms with Crippen molar-refractivity contribution in [2.45, 2.75) is 12.7 Å². The van der Waals surface area contributed by atoms with Gasteiger partial charge in [-0.15, -0.1) is 10.2 Å². The van der Waals surface area contributed by atoms with Crippen LogP contribution >= 0.6 is 11.6 Å². The van der Waals surface area contributed by atoms with Crippen LogP contribution in [-0.2, 0) is 12.7 Å². The van der Waals surface area contributed by atoms with E-state index in [0.717, 1.165) is 17.8 Å². The van der Waals surface area contributed by atoms with Crippen molar-refractivity contribution in [3.05, 3.63) is 71.3 Å². The minimum Gasteiger partial charge on any atom is -0.331 e. The highest BCUT2D eigenvalue weighted by Crippen LogP contribution is 2.36. The maximum Gasteiger partial charge on any atom is 0.417 e. The first-order valence-electron chi connectivity index (χ1n) is 7.70. The number of carbonyl (C=O) groups is 1. The molecule has 3 aromatic rings. The Hall–Kier alpha value is -3.07. The third-order valence-corrected chi connectivity index (χ3v) is 3.92. The van der Waals surface area contributed by atoms with E-state index in [4.69, 9.17) is 11.6 Å². The summed E-state index contributed by atoms with van der Waals surface area (Å²) in [4.78, 5) is 12.0. The number of nitrogens with one attached hydrogen (secondary N) is 2. The molecule has 2 amide bonds. The molecule has 0 aliphatic rings. The van der Waals surface area contributed by atoms with Gasteiger partial charge in [-0.25, -0.2) is 4.79 Å². The van der Waals surface area contributed by atoms with Gasteiger partial charge >= 0.3 is 12.2 Å². The Balaban J connectivity index is 1.66. The lowest BCUT2D eigenvalue weighted by Crippen LogP contribution is -2.29. The summed E-state index contributed by atoms with van der Waals surface area (Å²) in [5.41, 5.74) is -0.244. The summed E-state index contributed by atoms with van der Waals surface area (Å²) in [6.07, 6.45) is -3.11. The van der Waals surface area contributed by atoms with Crippen LogP contribution in [0.3, 0.4) is 0 Å². The minimum atomic E-state index is -4.61. The zero-order valence-corrected chi connectivity index (χ0v) is 14.4. The number of hydrogen-bond acceptors (Lipinski definition) is 3. The van der Waals surface area contributed by atoms with Gasteiger partial charge in [0.15, 0.2) is 5.82 Å². The highest BCUT2D eigenvalue weighted by Gasteiger charge is 2.33. The van der Waals surface area contributed by atoms with Crippen LogP contribution in [0.25, 0.3) is 5.69 Å². The maximum atomic E-state index is 12.9. The Morgan fingerprint density at radius 3 is 2.59 bits per heavy atom. The van der Waals surface area contributed by atoms with E-state index in [9.17, 15) is 18.0 Å². The number of para-hydroxylation sites is 1. The Labute approximate surface area is 157 Å². The van der Waals surface area contributed by atoms with Crippen LogP contribution in [0.15, 0.2) is 54.9 Å². The molecule has 140 valence electrons. The molecule has 0 unspecified atom stereocenters. The van der Waals surface area contributed by atoms with Gasteiger partial charge in [0, 0.05) is 11.4 Å². The predicted molar refractivity (Wildman–Crippen MR) is 93.7 cm³/mol. The molecule has 6 nitrogen and oxygen atoms in total. The van der Waals surface area contributed by atoms with Crippen molar-refractivity contribution < 1.29 is 18.0 Å². The summed E-state index contributed by atoms with van der Waals surface area (Å²) in [7, 11) is 0. The van der Waals surface area contributed by atoms with E-state index in [1.165, 1.54) is 12.4 Å². The van der Waals surface area contributed by atoms with Crippen molar-refractivity contribution in [3.8, 4) is 5.69 Å². The molecular weight excluding hydrogens is 383 g/mol. The maximum absolute atomic E-state index is 12.9. The number of hydrogen-bond donors (Lipinski definition) is 2. The van der Waals surface area contributed by atoms with E-state index >= 15 is 0 Å². The Kier molecular flexibility index (Phi) is 5.31. The number of anilines is 1. The first-order valence-corrected chi connectivity index (χ1v) is 8.08. The summed E-state index contributed by atoms with van der Waals surface area (Å²) < 4.78 is 40.3. The second-order valence-electron chi connectivity index (χ2n) is 5.45. The van der Waals surface area contributed by atoms with Gasteiger partial charge < -0.3 is 10.6 Å². The molecule has 0 bridgehead atoms. The molecular formula is C17H13ClF3N5O. The fraction of sp³-hybridized carbons (Fsp3) is 0.118. The molecule has 0 atom stereocenters. The number of carbonyl (C=O) groups excluding carboxylic acids is 1. The number of benzene rings is 2. The number of alkyl halides is 3. The molecule has 0 fully saturated rings. The van der Waals surface area contributed by atoms with Gasteiger partial charge in [-0.2, -0.15) is 13.2 Å². The highest BCUT2D eigenvalue weighted by molar-refractivity contribution is 6.31. The van der Waals surface area contributed by atoms with Crippen LogP contribution in [-0.4, -0.2) is 20.8 Å². The van der Waals surface area contributed by atoms with E-state index in [-0.39, 0.29) is 12.2 Å². The molecule has 0 saturated carbocycles. The van der Waals surface area contributed by atoms with Crippen LogP contribution in [0.2, 0.25) is 5.02 Å². The lowest BCUT2D eigenvalue weighted by Gasteiger charge is -2.12. The Morgan fingerprint density at radius 2 is 1.89 bits per heavy atom. The fourth-order valence-electron chi connectivity index (χ4n) is 2.34. The van der Waals surface area contributed by atoms with Crippen LogP contribution in [0.5, 0.6) is 0 Å². The number of amides is 2.